The van der Waals surface area contributed by atoms with E-state index in [0.29, 0.717) is 24.5 Å². The minimum atomic E-state index is -1.71. The van der Waals surface area contributed by atoms with Gasteiger partial charge in [0.1, 0.15) is 18.4 Å². The van der Waals surface area contributed by atoms with E-state index in [1.807, 2.05) is 74.5 Å². The molecule has 5 N–H and O–H groups in total. The van der Waals surface area contributed by atoms with E-state index in [1.165, 1.54) is 0 Å². The van der Waals surface area contributed by atoms with Crippen molar-refractivity contribution in [3.8, 4) is 5.75 Å². The van der Waals surface area contributed by atoms with Crippen LogP contribution in [-0.4, -0.2) is 41.1 Å². The number of nitrogens with one attached hydrogen (secondary N) is 3. The van der Waals surface area contributed by atoms with E-state index in [1.54, 1.807) is 24.3 Å². The van der Waals surface area contributed by atoms with Gasteiger partial charge in [-0.1, -0.05) is 80.6 Å². The van der Waals surface area contributed by atoms with Gasteiger partial charge in [-0.2, -0.15) is 0 Å². The molecule has 0 unspecified atom stereocenters. The summed E-state index contributed by atoms with van der Waals surface area (Å²) in [4.78, 5) is 26.0. The zero-order valence-electron chi connectivity index (χ0n) is 21.1. The van der Waals surface area contributed by atoms with Gasteiger partial charge in [-0.25, -0.2) is 4.79 Å². The zero-order chi connectivity index (χ0) is 26.6. The molecule has 0 aromatic heterocycles. The summed E-state index contributed by atoms with van der Waals surface area (Å²) in [6, 6.07) is 24.6. The van der Waals surface area contributed by atoms with Crippen molar-refractivity contribution in [2.75, 3.05) is 5.32 Å². The summed E-state index contributed by atoms with van der Waals surface area (Å²) >= 11 is 0. The molecule has 0 radical (unpaired) electrons. The maximum atomic E-state index is 13.2. The van der Waals surface area contributed by atoms with Gasteiger partial charge in [-0.05, 0) is 35.6 Å². The van der Waals surface area contributed by atoms with E-state index in [9.17, 15) is 19.6 Å². The van der Waals surface area contributed by atoms with Crippen LogP contribution < -0.4 is 20.7 Å². The molecule has 0 aliphatic carbocycles. The summed E-state index contributed by atoms with van der Waals surface area (Å²) in [5.74, 6) is -0.546. The monoisotopic (exact) mass is 503 g/mol. The molecule has 194 valence electrons. The second kappa shape index (κ2) is 14.1. The lowest BCUT2D eigenvalue weighted by Gasteiger charge is -2.23. The molecule has 9 heteroatoms. The Kier molecular flexibility index (Phi) is 10.6. The molecule has 0 aliphatic rings. The van der Waals surface area contributed by atoms with E-state index >= 15 is 0 Å². The van der Waals surface area contributed by atoms with Crippen LogP contribution in [0, 0.1) is 5.92 Å². The van der Waals surface area contributed by atoms with Crippen LogP contribution in [0.3, 0.4) is 0 Å². The number of carbonyl (C=O) groups is 2. The number of carbonyl (C=O) groups excluding carboxylic acids is 2. The third-order valence-corrected chi connectivity index (χ3v) is 5.66. The highest BCUT2D eigenvalue weighted by Crippen LogP contribution is 2.19. The van der Waals surface area contributed by atoms with Crippen LogP contribution in [0.15, 0.2) is 84.9 Å². The van der Waals surface area contributed by atoms with Gasteiger partial charge in [0.15, 0.2) is 0 Å². The molecule has 37 heavy (non-hydrogen) atoms. The molecule has 0 fully saturated rings. The average molecular weight is 503 g/mol. The van der Waals surface area contributed by atoms with Crippen LogP contribution in [0.1, 0.15) is 31.4 Å². The minimum Gasteiger partial charge on any atom is -0.489 e. The van der Waals surface area contributed by atoms with Gasteiger partial charge in [0.05, 0.1) is 5.94 Å². The van der Waals surface area contributed by atoms with Crippen molar-refractivity contribution in [1.82, 2.24) is 10.6 Å². The van der Waals surface area contributed by atoms with Gasteiger partial charge in [-0.15, -0.1) is 0 Å². The molecule has 3 aromatic rings. The van der Waals surface area contributed by atoms with E-state index < -0.39 is 31.0 Å². The molecule has 0 heterocycles. The molecule has 0 saturated carbocycles. The quantitative estimate of drug-likeness (QED) is 0.242. The normalized spacial score (nSPS) is 12.4. The topological polar surface area (TPSA) is 120 Å². The highest BCUT2D eigenvalue weighted by Gasteiger charge is 2.28. The van der Waals surface area contributed by atoms with Crippen LogP contribution in [0.5, 0.6) is 5.75 Å². The Labute approximate surface area is 218 Å². The molecule has 0 aliphatic heterocycles. The Hall–Kier alpha value is -3.82. The number of rotatable bonds is 12. The smallest absolute Gasteiger partial charge is 0.475 e. The van der Waals surface area contributed by atoms with Crippen LogP contribution in [0.25, 0.3) is 0 Å². The number of ether oxygens (including phenoxy) is 1. The Bertz CT molecular complexity index is 1130. The minimum absolute atomic E-state index is 0.131. The van der Waals surface area contributed by atoms with Crippen molar-refractivity contribution in [2.45, 2.75) is 45.3 Å². The number of hydrogen-bond donors (Lipinski definition) is 5. The molecule has 2 atom stereocenters. The van der Waals surface area contributed by atoms with Crippen LogP contribution in [0.2, 0.25) is 0 Å². The van der Waals surface area contributed by atoms with Crippen molar-refractivity contribution >= 4 is 24.7 Å². The number of amides is 3. The summed E-state index contributed by atoms with van der Waals surface area (Å²) in [6.45, 7) is 4.22. The van der Waals surface area contributed by atoms with Gasteiger partial charge >= 0.3 is 13.1 Å². The molecule has 0 spiro atoms. The number of urea groups is 1. The van der Waals surface area contributed by atoms with E-state index in [4.69, 9.17) is 4.74 Å². The van der Waals surface area contributed by atoms with E-state index in [0.717, 1.165) is 11.1 Å². The van der Waals surface area contributed by atoms with E-state index in [2.05, 4.69) is 16.0 Å². The molecule has 0 bridgehead atoms. The Morgan fingerprint density at radius 3 is 2.14 bits per heavy atom. The van der Waals surface area contributed by atoms with Crippen molar-refractivity contribution in [2.24, 2.45) is 5.92 Å². The van der Waals surface area contributed by atoms with Gasteiger partial charge in [0, 0.05) is 18.2 Å². The number of anilines is 1. The molecule has 8 nitrogen and oxygen atoms in total. The van der Waals surface area contributed by atoms with Crippen molar-refractivity contribution in [3.63, 3.8) is 0 Å². The predicted octanol–water partition coefficient (Wildman–Crippen LogP) is 3.54. The van der Waals surface area contributed by atoms with Crippen molar-refractivity contribution in [3.05, 3.63) is 96.1 Å². The SMILES string of the molecule is CC(C)C[C@H](NC(=O)N[C@@H](Cc1ccccc1)C(=O)Nc1cccc(OCc2ccccc2)c1)B(O)O. The fourth-order valence-corrected chi connectivity index (χ4v) is 3.82. The summed E-state index contributed by atoms with van der Waals surface area (Å²) in [7, 11) is -1.71. The van der Waals surface area contributed by atoms with Gasteiger partial charge in [0.2, 0.25) is 5.91 Å². The maximum absolute atomic E-state index is 13.2. The maximum Gasteiger partial charge on any atom is 0.475 e. The molecule has 3 amide bonds. The summed E-state index contributed by atoms with van der Waals surface area (Å²) in [6.07, 6.45) is 0.622. The third-order valence-electron chi connectivity index (χ3n) is 5.66. The fraction of sp³-hybridized carbons (Fsp3) is 0.286. The largest absolute Gasteiger partial charge is 0.489 e. The summed E-state index contributed by atoms with van der Waals surface area (Å²) in [5.41, 5.74) is 2.42. The summed E-state index contributed by atoms with van der Waals surface area (Å²) in [5, 5.41) is 27.4. The second-order valence-corrected chi connectivity index (χ2v) is 9.30. The van der Waals surface area contributed by atoms with Crippen LogP contribution >= 0.6 is 0 Å². The first-order valence-corrected chi connectivity index (χ1v) is 12.3. The predicted molar refractivity (Wildman–Crippen MR) is 145 cm³/mol. The highest BCUT2D eigenvalue weighted by atomic mass is 16.5. The molecular weight excluding hydrogens is 469 g/mol. The van der Waals surface area contributed by atoms with Crippen LogP contribution in [0.4, 0.5) is 10.5 Å². The first-order chi connectivity index (χ1) is 17.8. The molecule has 0 saturated heterocycles. The van der Waals surface area contributed by atoms with Gasteiger partial charge in [0.25, 0.3) is 0 Å². The molecular formula is C28H34BN3O5. The van der Waals surface area contributed by atoms with Crippen molar-refractivity contribution in [1.29, 1.82) is 0 Å². The Morgan fingerprint density at radius 2 is 1.51 bits per heavy atom. The summed E-state index contributed by atoms with van der Waals surface area (Å²) < 4.78 is 5.85. The molecule has 3 aromatic carbocycles. The Balaban J connectivity index is 1.68. The first-order valence-electron chi connectivity index (χ1n) is 12.3. The van der Waals surface area contributed by atoms with E-state index in [-0.39, 0.29) is 12.3 Å². The lowest BCUT2D eigenvalue weighted by molar-refractivity contribution is -0.117. The second-order valence-electron chi connectivity index (χ2n) is 9.30. The average Bonchev–Trinajstić information content (AvgIpc) is 2.88. The zero-order valence-corrected chi connectivity index (χ0v) is 21.1. The number of hydrogen-bond acceptors (Lipinski definition) is 5. The third kappa shape index (κ3) is 9.63. The lowest BCUT2D eigenvalue weighted by atomic mass is 9.75. The van der Waals surface area contributed by atoms with Crippen molar-refractivity contribution < 1.29 is 24.4 Å². The number of benzene rings is 3. The first kappa shape index (κ1) is 27.8. The lowest BCUT2D eigenvalue weighted by Crippen LogP contribution is -2.55. The van der Waals surface area contributed by atoms with Gasteiger partial charge in [-0.3, -0.25) is 4.79 Å². The highest BCUT2D eigenvalue weighted by molar-refractivity contribution is 6.43. The fourth-order valence-electron chi connectivity index (χ4n) is 3.82. The van der Waals surface area contributed by atoms with Crippen LogP contribution in [-0.2, 0) is 17.8 Å². The Morgan fingerprint density at radius 1 is 0.865 bits per heavy atom. The molecule has 3 rings (SSSR count). The van der Waals surface area contributed by atoms with Gasteiger partial charge < -0.3 is 30.7 Å². The standard InChI is InChI=1S/C28H34BN3O5/c1-20(2)16-26(29(35)36)32-28(34)31-25(17-21-10-5-3-6-11-21)27(33)30-23-14-9-15-24(18-23)37-19-22-12-7-4-8-13-22/h3-15,18,20,25-26,35-36H,16-17,19H2,1-2H3,(H,30,33)(H2,31,32,34)/t25-,26-/m0/s1.